The monoisotopic (exact) mass is 287 g/mol. The second-order valence-electron chi connectivity index (χ2n) is 5.37. The standard InChI is InChI=1S/C13H25N3O4/c1-4-9(2)15(3)6-5-14-13(20)16-8-10(17)7-11(16)12(18)19/h9-11,17H,4-8H2,1-3H3,(H,14,20)(H,18,19)/t9?,10-,11+/m1/s1. The van der Waals surface area contributed by atoms with E-state index in [0.717, 1.165) is 6.42 Å². The van der Waals surface area contributed by atoms with Crippen LogP contribution >= 0.6 is 0 Å². The number of aliphatic hydroxyl groups is 1. The summed E-state index contributed by atoms with van der Waals surface area (Å²) < 4.78 is 0. The van der Waals surface area contributed by atoms with Gasteiger partial charge < -0.3 is 25.3 Å². The first kappa shape index (κ1) is 16.7. The number of β-amino-alcohol motifs (C(OH)–C–C–N with tert-alkyl or cyclic N) is 1. The number of nitrogens with zero attached hydrogens (tertiary/aromatic N) is 2. The van der Waals surface area contributed by atoms with Crippen molar-refractivity contribution in [2.75, 3.05) is 26.7 Å². The Bertz CT molecular complexity index is 351. The lowest BCUT2D eigenvalue weighted by Gasteiger charge is -2.25. The smallest absolute Gasteiger partial charge is 0.326 e. The molecule has 1 rings (SSSR count). The number of rotatable bonds is 6. The van der Waals surface area contributed by atoms with E-state index in [4.69, 9.17) is 5.11 Å². The second-order valence-corrected chi connectivity index (χ2v) is 5.37. The Morgan fingerprint density at radius 2 is 2.15 bits per heavy atom. The van der Waals surface area contributed by atoms with Crippen LogP contribution in [0.1, 0.15) is 26.7 Å². The van der Waals surface area contributed by atoms with Crippen LogP contribution in [0, 0.1) is 0 Å². The van der Waals surface area contributed by atoms with Crippen molar-refractivity contribution in [3.8, 4) is 0 Å². The Kier molecular flexibility index (Phi) is 6.22. The maximum Gasteiger partial charge on any atom is 0.326 e. The van der Waals surface area contributed by atoms with Crippen molar-refractivity contribution in [3.05, 3.63) is 0 Å². The zero-order valence-electron chi connectivity index (χ0n) is 12.4. The maximum absolute atomic E-state index is 11.9. The van der Waals surface area contributed by atoms with E-state index >= 15 is 0 Å². The van der Waals surface area contributed by atoms with Crippen molar-refractivity contribution in [2.45, 2.75) is 44.9 Å². The van der Waals surface area contributed by atoms with Gasteiger partial charge in [-0.2, -0.15) is 0 Å². The number of urea groups is 1. The summed E-state index contributed by atoms with van der Waals surface area (Å²) in [6, 6.07) is -0.920. The molecule has 1 aliphatic rings. The van der Waals surface area contributed by atoms with E-state index in [1.807, 2.05) is 7.05 Å². The molecule has 1 aliphatic heterocycles. The summed E-state index contributed by atoms with van der Waals surface area (Å²) in [5, 5.41) is 21.2. The van der Waals surface area contributed by atoms with Gasteiger partial charge in [-0.05, 0) is 20.4 Å². The SMILES string of the molecule is CCC(C)N(C)CCNC(=O)N1C[C@H](O)C[C@H]1C(=O)O. The van der Waals surface area contributed by atoms with Gasteiger partial charge >= 0.3 is 12.0 Å². The van der Waals surface area contributed by atoms with Gasteiger partial charge in [0.1, 0.15) is 6.04 Å². The Morgan fingerprint density at radius 3 is 2.70 bits per heavy atom. The number of likely N-dealkylation sites (tertiary alicyclic amines) is 1. The van der Waals surface area contributed by atoms with E-state index in [1.165, 1.54) is 4.90 Å². The Morgan fingerprint density at radius 1 is 1.50 bits per heavy atom. The summed E-state index contributed by atoms with van der Waals surface area (Å²) in [4.78, 5) is 26.3. The number of carbonyl (C=O) groups excluding carboxylic acids is 1. The number of carboxylic acid groups (broad SMARTS) is 1. The maximum atomic E-state index is 11.9. The predicted octanol–water partition coefficient (Wildman–Crippen LogP) is -0.0539. The third-order valence-electron chi connectivity index (χ3n) is 3.91. The average Bonchev–Trinajstić information content (AvgIpc) is 2.79. The molecule has 0 saturated carbocycles. The lowest BCUT2D eigenvalue weighted by atomic mass is 10.2. The molecule has 1 heterocycles. The van der Waals surface area contributed by atoms with E-state index in [9.17, 15) is 14.7 Å². The molecule has 1 unspecified atom stereocenters. The third kappa shape index (κ3) is 4.35. The molecular weight excluding hydrogens is 262 g/mol. The van der Waals surface area contributed by atoms with Crippen molar-refractivity contribution in [2.24, 2.45) is 0 Å². The molecule has 0 spiro atoms. The molecule has 0 aromatic heterocycles. The summed E-state index contributed by atoms with van der Waals surface area (Å²) in [5.41, 5.74) is 0. The molecule has 20 heavy (non-hydrogen) atoms. The highest BCUT2D eigenvalue weighted by atomic mass is 16.4. The highest BCUT2D eigenvalue weighted by molar-refractivity contribution is 5.83. The molecule has 0 radical (unpaired) electrons. The van der Waals surface area contributed by atoms with Crippen LogP contribution in [0.3, 0.4) is 0 Å². The molecular formula is C13H25N3O4. The van der Waals surface area contributed by atoms with Crippen LogP contribution in [-0.4, -0.2) is 76.9 Å². The van der Waals surface area contributed by atoms with E-state index in [0.29, 0.717) is 19.1 Å². The quantitative estimate of drug-likeness (QED) is 0.637. The van der Waals surface area contributed by atoms with E-state index < -0.39 is 24.1 Å². The molecule has 3 atom stereocenters. The van der Waals surface area contributed by atoms with Crippen molar-refractivity contribution in [1.82, 2.24) is 15.1 Å². The van der Waals surface area contributed by atoms with Gasteiger partial charge in [0.05, 0.1) is 6.10 Å². The normalized spacial score (nSPS) is 23.9. The molecule has 2 amide bonds. The van der Waals surface area contributed by atoms with E-state index in [1.54, 1.807) is 0 Å². The molecule has 7 heteroatoms. The lowest BCUT2D eigenvalue weighted by Crippen LogP contribution is -2.48. The molecule has 1 saturated heterocycles. The zero-order valence-corrected chi connectivity index (χ0v) is 12.4. The number of carboxylic acids is 1. The van der Waals surface area contributed by atoms with E-state index in [2.05, 4.69) is 24.1 Å². The van der Waals surface area contributed by atoms with Gasteiger partial charge in [0.15, 0.2) is 0 Å². The van der Waals surface area contributed by atoms with Gasteiger partial charge in [-0.25, -0.2) is 9.59 Å². The molecule has 1 fully saturated rings. The summed E-state index contributed by atoms with van der Waals surface area (Å²) in [6.45, 7) is 5.44. The Hall–Kier alpha value is -1.34. The van der Waals surface area contributed by atoms with Crippen LogP contribution < -0.4 is 5.32 Å². The van der Waals surface area contributed by atoms with Crippen molar-refractivity contribution < 1.29 is 19.8 Å². The number of aliphatic carboxylic acids is 1. The lowest BCUT2D eigenvalue weighted by molar-refractivity contribution is -0.141. The van der Waals surface area contributed by atoms with Crippen molar-refractivity contribution in [1.29, 1.82) is 0 Å². The first-order valence-electron chi connectivity index (χ1n) is 7.02. The highest BCUT2D eigenvalue weighted by Crippen LogP contribution is 2.17. The van der Waals surface area contributed by atoms with Crippen LogP contribution in [0.4, 0.5) is 4.79 Å². The summed E-state index contributed by atoms with van der Waals surface area (Å²) in [5.74, 6) is -1.08. The summed E-state index contributed by atoms with van der Waals surface area (Å²) in [6.07, 6.45) is 0.365. The first-order valence-corrected chi connectivity index (χ1v) is 7.02. The molecule has 116 valence electrons. The second kappa shape index (κ2) is 7.44. The number of amides is 2. The molecule has 0 aromatic rings. The van der Waals surface area contributed by atoms with Gasteiger partial charge in [-0.3, -0.25) is 0 Å². The fourth-order valence-corrected chi connectivity index (χ4v) is 2.25. The number of hydrogen-bond donors (Lipinski definition) is 3. The van der Waals surface area contributed by atoms with Crippen LogP contribution in [0.15, 0.2) is 0 Å². The minimum atomic E-state index is -1.08. The number of aliphatic hydroxyl groups excluding tert-OH is 1. The van der Waals surface area contributed by atoms with Crippen LogP contribution in [0.2, 0.25) is 0 Å². The Labute approximate surface area is 119 Å². The van der Waals surface area contributed by atoms with Gasteiger partial charge in [-0.1, -0.05) is 6.92 Å². The third-order valence-corrected chi connectivity index (χ3v) is 3.91. The van der Waals surface area contributed by atoms with Gasteiger partial charge in [-0.15, -0.1) is 0 Å². The molecule has 0 bridgehead atoms. The summed E-state index contributed by atoms with van der Waals surface area (Å²) in [7, 11) is 1.99. The number of carbonyl (C=O) groups is 2. The fourth-order valence-electron chi connectivity index (χ4n) is 2.25. The minimum Gasteiger partial charge on any atom is -0.480 e. The number of hydrogen-bond acceptors (Lipinski definition) is 4. The van der Waals surface area contributed by atoms with Gasteiger partial charge in [0.2, 0.25) is 0 Å². The minimum absolute atomic E-state index is 0.0734. The van der Waals surface area contributed by atoms with Crippen molar-refractivity contribution >= 4 is 12.0 Å². The molecule has 3 N–H and O–H groups in total. The number of likely N-dealkylation sites (N-methyl/N-ethyl adjacent to an activating group) is 1. The predicted molar refractivity (Wildman–Crippen MR) is 74.5 cm³/mol. The highest BCUT2D eigenvalue weighted by Gasteiger charge is 2.38. The molecule has 0 aromatic carbocycles. The van der Waals surface area contributed by atoms with Crippen molar-refractivity contribution in [3.63, 3.8) is 0 Å². The van der Waals surface area contributed by atoms with E-state index in [-0.39, 0.29) is 13.0 Å². The van der Waals surface area contributed by atoms with Crippen LogP contribution in [0.25, 0.3) is 0 Å². The van der Waals surface area contributed by atoms with Gasteiger partial charge in [0.25, 0.3) is 0 Å². The number of nitrogens with one attached hydrogen (secondary N) is 1. The van der Waals surface area contributed by atoms with Crippen LogP contribution in [-0.2, 0) is 4.79 Å². The topological polar surface area (TPSA) is 93.1 Å². The first-order chi connectivity index (χ1) is 9.36. The average molecular weight is 287 g/mol. The molecule has 0 aliphatic carbocycles. The summed E-state index contributed by atoms with van der Waals surface area (Å²) >= 11 is 0. The Balaban J connectivity index is 2.40. The largest absolute Gasteiger partial charge is 0.480 e. The fraction of sp³-hybridized carbons (Fsp3) is 0.846. The zero-order chi connectivity index (χ0) is 15.3. The van der Waals surface area contributed by atoms with Crippen LogP contribution in [0.5, 0.6) is 0 Å². The molecule has 7 nitrogen and oxygen atoms in total. The van der Waals surface area contributed by atoms with Gasteiger partial charge in [0, 0.05) is 32.1 Å².